The molecule has 1 heterocycles. The molecule has 1 fully saturated rings. The van der Waals surface area contributed by atoms with Crippen LogP contribution in [0.15, 0.2) is 6.07 Å². The minimum atomic E-state index is 0.832. The zero-order chi connectivity index (χ0) is 13.1. The molecule has 4 heteroatoms. The standard InChI is InChI=1S/C14H21ClN2O/c1-10-11(2)14(18-3)12(8-13(10)15)9-17-6-4-16-5-7-17/h8,16H,4-7,9H2,1-3H3. The molecule has 100 valence electrons. The van der Waals surface area contributed by atoms with Crippen LogP contribution in [0, 0.1) is 13.8 Å². The normalized spacial score (nSPS) is 16.9. The van der Waals surface area contributed by atoms with Crippen LogP contribution in [0.5, 0.6) is 5.75 Å². The minimum absolute atomic E-state index is 0.832. The van der Waals surface area contributed by atoms with E-state index in [1.165, 1.54) is 5.56 Å². The minimum Gasteiger partial charge on any atom is -0.496 e. The third kappa shape index (κ3) is 2.79. The Morgan fingerprint density at radius 1 is 1.28 bits per heavy atom. The molecule has 0 aliphatic carbocycles. The molecular formula is C14H21ClN2O. The predicted molar refractivity (Wildman–Crippen MR) is 75.6 cm³/mol. The lowest BCUT2D eigenvalue weighted by atomic mass is 10.0. The summed E-state index contributed by atoms with van der Waals surface area (Å²) in [5, 5.41) is 4.19. The molecule has 0 aromatic heterocycles. The Morgan fingerprint density at radius 2 is 1.94 bits per heavy atom. The van der Waals surface area contributed by atoms with Crippen LogP contribution in [-0.2, 0) is 6.54 Å². The summed E-state index contributed by atoms with van der Waals surface area (Å²) < 4.78 is 5.55. The molecule has 0 radical (unpaired) electrons. The Morgan fingerprint density at radius 3 is 2.56 bits per heavy atom. The first kappa shape index (κ1) is 13.7. The van der Waals surface area contributed by atoms with Gasteiger partial charge in [-0.15, -0.1) is 0 Å². The number of ether oxygens (including phenoxy) is 1. The number of nitrogens with one attached hydrogen (secondary N) is 1. The number of rotatable bonds is 3. The van der Waals surface area contributed by atoms with Crippen LogP contribution in [0.4, 0.5) is 0 Å². The van der Waals surface area contributed by atoms with Gasteiger partial charge in [-0.2, -0.15) is 0 Å². The maximum Gasteiger partial charge on any atom is 0.126 e. The van der Waals surface area contributed by atoms with Gasteiger partial charge in [0.25, 0.3) is 0 Å². The fourth-order valence-electron chi connectivity index (χ4n) is 2.43. The zero-order valence-electron chi connectivity index (χ0n) is 11.3. The summed E-state index contributed by atoms with van der Waals surface area (Å²) in [7, 11) is 1.73. The number of halogens is 1. The molecule has 0 spiro atoms. The Balaban J connectivity index is 2.25. The average molecular weight is 269 g/mol. The van der Waals surface area contributed by atoms with Crippen molar-refractivity contribution in [2.24, 2.45) is 0 Å². The fourth-order valence-corrected chi connectivity index (χ4v) is 2.70. The molecule has 1 N–H and O–H groups in total. The fraction of sp³-hybridized carbons (Fsp3) is 0.571. The number of benzene rings is 1. The van der Waals surface area contributed by atoms with Crippen LogP contribution in [-0.4, -0.2) is 38.2 Å². The molecule has 1 aromatic carbocycles. The van der Waals surface area contributed by atoms with Crippen molar-refractivity contribution in [1.82, 2.24) is 10.2 Å². The van der Waals surface area contributed by atoms with Crippen LogP contribution in [0.3, 0.4) is 0 Å². The number of nitrogens with zero attached hydrogens (tertiary/aromatic N) is 1. The van der Waals surface area contributed by atoms with E-state index in [0.717, 1.165) is 54.6 Å². The van der Waals surface area contributed by atoms with E-state index >= 15 is 0 Å². The second kappa shape index (κ2) is 5.91. The molecule has 1 aliphatic rings. The van der Waals surface area contributed by atoms with Gasteiger partial charge in [-0.3, -0.25) is 4.90 Å². The predicted octanol–water partition coefficient (Wildman–Crippen LogP) is 2.37. The van der Waals surface area contributed by atoms with E-state index in [1.54, 1.807) is 7.11 Å². The summed E-state index contributed by atoms with van der Waals surface area (Å²) in [5.41, 5.74) is 3.44. The summed E-state index contributed by atoms with van der Waals surface area (Å²) in [6.45, 7) is 9.28. The van der Waals surface area contributed by atoms with Gasteiger partial charge in [0.2, 0.25) is 0 Å². The van der Waals surface area contributed by atoms with E-state index in [-0.39, 0.29) is 0 Å². The third-order valence-electron chi connectivity index (χ3n) is 3.66. The molecule has 0 atom stereocenters. The third-order valence-corrected chi connectivity index (χ3v) is 4.05. The van der Waals surface area contributed by atoms with Crippen molar-refractivity contribution < 1.29 is 4.74 Å². The van der Waals surface area contributed by atoms with Crippen LogP contribution in [0.2, 0.25) is 5.02 Å². The van der Waals surface area contributed by atoms with Crippen molar-refractivity contribution >= 4 is 11.6 Å². The van der Waals surface area contributed by atoms with Crippen molar-refractivity contribution in [3.63, 3.8) is 0 Å². The lowest BCUT2D eigenvalue weighted by Gasteiger charge is -2.28. The van der Waals surface area contributed by atoms with E-state index in [9.17, 15) is 0 Å². The van der Waals surface area contributed by atoms with Crippen molar-refractivity contribution in [3.05, 3.63) is 27.8 Å². The maximum absolute atomic E-state index is 6.28. The number of methoxy groups -OCH3 is 1. The second-order valence-corrected chi connectivity index (χ2v) is 5.23. The highest BCUT2D eigenvalue weighted by Crippen LogP contribution is 2.32. The number of piperazine rings is 1. The first-order valence-electron chi connectivity index (χ1n) is 6.39. The Bertz CT molecular complexity index is 428. The first-order valence-corrected chi connectivity index (χ1v) is 6.77. The van der Waals surface area contributed by atoms with Crippen molar-refractivity contribution in [2.45, 2.75) is 20.4 Å². The largest absolute Gasteiger partial charge is 0.496 e. The van der Waals surface area contributed by atoms with Gasteiger partial charge in [0.15, 0.2) is 0 Å². The van der Waals surface area contributed by atoms with Gasteiger partial charge < -0.3 is 10.1 Å². The molecule has 1 aliphatic heterocycles. The zero-order valence-corrected chi connectivity index (χ0v) is 12.1. The molecule has 0 amide bonds. The number of hydrogen-bond acceptors (Lipinski definition) is 3. The SMILES string of the molecule is COc1c(CN2CCNCC2)cc(Cl)c(C)c1C. The Kier molecular flexibility index (Phi) is 4.49. The van der Waals surface area contributed by atoms with E-state index in [0.29, 0.717) is 0 Å². The number of hydrogen-bond donors (Lipinski definition) is 1. The van der Waals surface area contributed by atoms with Crippen LogP contribution < -0.4 is 10.1 Å². The topological polar surface area (TPSA) is 24.5 Å². The van der Waals surface area contributed by atoms with E-state index in [2.05, 4.69) is 17.1 Å². The summed E-state index contributed by atoms with van der Waals surface area (Å²) in [4.78, 5) is 2.43. The van der Waals surface area contributed by atoms with E-state index in [1.807, 2.05) is 13.0 Å². The Labute approximate surface area is 114 Å². The van der Waals surface area contributed by atoms with Crippen molar-refractivity contribution in [1.29, 1.82) is 0 Å². The van der Waals surface area contributed by atoms with Gasteiger partial charge in [0, 0.05) is 43.3 Å². The molecular weight excluding hydrogens is 248 g/mol. The first-order chi connectivity index (χ1) is 8.63. The van der Waals surface area contributed by atoms with Crippen molar-refractivity contribution in [2.75, 3.05) is 33.3 Å². The van der Waals surface area contributed by atoms with Crippen molar-refractivity contribution in [3.8, 4) is 5.75 Å². The van der Waals surface area contributed by atoms with Gasteiger partial charge in [-0.1, -0.05) is 11.6 Å². The monoisotopic (exact) mass is 268 g/mol. The molecule has 3 nitrogen and oxygen atoms in total. The summed E-state index contributed by atoms with van der Waals surface area (Å²) in [6, 6.07) is 2.05. The smallest absolute Gasteiger partial charge is 0.126 e. The highest BCUT2D eigenvalue weighted by Gasteiger charge is 2.16. The molecule has 0 bridgehead atoms. The second-order valence-electron chi connectivity index (χ2n) is 4.83. The van der Waals surface area contributed by atoms with Gasteiger partial charge >= 0.3 is 0 Å². The Hall–Kier alpha value is -0.770. The molecule has 1 aromatic rings. The van der Waals surface area contributed by atoms with E-state index in [4.69, 9.17) is 16.3 Å². The lowest BCUT2D eigenvalue weighted by molar-refractivity contribution is 0.230. The molecule has 0 unspecified atom stereocenters. The van der Waals surface area contributed by atoms with Gasteiger partial charge in [-0.05, 0) is 31.0 Å². The van der Waals surface area contributed by atoms with Gasteiger partial charge in [0.05, 0.1) is 7.11 Å². The summed E-state index contributed by atoms with van der Waals surface area (Å²) in [6.07, 6.45) is 0. The molecule has 18 heavy (non-hydrogen) atoms. The molecule has 0 saturated carbocycles. The quantitative estimate of drug-likeness (QED) is 0.911. The highest BCUT2D eigenvalue weighted by atomic mass is 35.5. The van der Waals surface area contributed by atoms with Crippen LogP contribution in [0.1, 0.15) is 16.7 Å². The van der Waals surface area contributed by atoms with Gasteiger partial charge in [0.1, 0.15) is 5.75 Å². The lowest BCUT2D eigenvalue weighted by Crippen LogP contribution is -2.42. The highest BCUT2D eigenvalue weighted by molar-refractivity contribution is 6.31. The van der Waals surface area contributed by atoms with Crippen LogP contribution in [0.25, 0.3) is 0 Å². The summed E-state index contributed by atoms with van der Waals surface area (Å²) in [5.74, 6) is 0.982. The maximum atomic E-state index is 6.28. The molecule has 1 saturated heterocycles. The average Bonchev–Trinajstić information content (AvgIpc) is 2.38. The van der Waals surface area contributed by atoms with Gasteiger partial charge in [-0.25, -0.2) is 0 Å². The summed E-state index contributed by atoms with van der Waals surface area (Å²) >= 11 is 6.28. The van der Waals surface area contributed by atoms with Crippen LogP contribution >= 0.6 is 11.6 Å². The van der Waals surface area contributed by atoms with E-state index < -0.39 is 0 Å². The molecule has 2 rings (SSSR count).